The minimum Gasteiger partial charge on any atom is -0.381 e. The average molecular weight is 211 g/mol. The lowest BCUT2D eigenvalue weighted by atomic mass is 9.85. The third-order valence-electron chi connectivity index (χ3n) is 2.83. The second-order valence-electron chi connectivity index (χ2n) is 4.22. The van der Waals surface area contributed by atoms with Crippen LogP contribution >= 0.6 is 11.3 Å². The van der Waals surface area contributed by atoms with Gasteiger partial charge in [0.15, 0.2) is 0 Å². The fourth-order valence-electron chi connectivity index (χ4n) is 1.95. The van der Waals surface area contributed by atoms with Gasteiger partial charge in [-0.25, -0.2) is 0 Å². The normalized spacial score (nSPS) is 21.0. The van der Waals surface area contributed by atoms with Crippen LogP contribution in [0.2, 0.25) is 0 Å². The van der Waals surface area contributed by atoms with Crippen molar-refractivity contribution in [1.82, 2.24) is 0 Å². The zero-order valence-corrected chi connectivity index (χ0v) is 9.40. The van der Waals surface area contributed by atoms with E-state index in [0.717, 1.165) is 32.5 Å². The van der Waals surface area contributed by atoms with Crippen LogP contribution in [0.25, 0.3) is 0 Å². The minimum atomic E-state index is -0.0221. The van der Waals surface area contributed by atoms with Crippen LogP contribution < -0.4 is 5.73 Å². The predicted molar refractivity (Wildman–Crippen MR) is 59.7 cm³/mol. The maximum absolute atomic E-state index is 6.32. The second kappa shape index (κ2) is 4.01. The van der Waals surface area contributed by atoms with Crippen molar-refractivity contribution < 1.29 is 4.74 Å². The average Bonchev–Trinajstić information content (AvgIpc) is 2.51. The molecule has 1 aromatic rings. The van der Waals surface area contributed by atoms with Crippen LogP contribution in [-0.4, -0.2) is 18.8 Å². The van der Waals surface area contributed by atoms with Gasteiger partial charge in [-0.3, -0.25) is 0 Å². The largest absolute Gasteiger partial charge is 0.381 e. The minimum absolute atomic E-state index is 0.0221. The summed E-state index contributed by atoms with van der Waals surface area (Å²) < 4.78 is 5.33. The van der Waals surface area contributed by atoms with Gasteiger partial charge in [-0.2, -0.15) is 0 Å². The molecule has 0 atom stereocenters. The van der Waals surface area contributed by atoms with E-state index in [9.17, 15) is 0 Å². The molecule has 0 aromatic carbocycles. The number of nitrogens with two attached hydrogens (primary N) is 1. The molecule has 78 valence electrons. The summed E-state index contributed by atoms with van der Waals surface area (Å²) >= 11 is 1.80. The second-order valence-corrected chi connectivity index (χ2v) is 5.33. The van der Waals surface area contributed by atoms with Crippen molar-refractivity contribution in [3.8, 4) is 0 Å². The lowest BCUT2D eigenvalue weighted by molar-refractivity contribution is 0.0534. The summed E-state index contributed by atoms with van der Waals surface area (Å²) in [5.41, 5.74) is 7.69. The summed E-state index contributed by atoms with van der Waals surface area (Å²) in [6.45, 7) is 3.78. The molecule has 0 radical (unpaired) electrons. The van der Waals surface area contributed by atoms with Crippen LogP contribution in [0.1, 0.15) is 23.3 Å². The van der Waals surface area contributed by atoms with E-state index in [2.05, 4.69) is 18.4 Å². The van der Waals surface area contributed by atoms with Crippen molar-refractivity contribution in [1.29, 1.82) is 0 Å². The van der Waals surface area contributed by atoms with Crippen LogP contribution in [0, 0.1) is 6.92 Å². The SMILES string of the molecule is Cc1cc(CC2(N)CCOCC2)cs1. The molecule has 2 heterocycles. The van der Waals surface area contributed by atoms with Crippen LogP contribution in [0.3, 0.4) is 0 Å². The monoisotopic (exact) mass is 211 g/mol. The van der Waals surface area contributed by atoms with Gasteiger partial charge >= 0.3 is 0 Å². The fraction of sp³-hybridized carbons (Fsp3) is 0.636. The number of aryl methyl sites for hydroxylation is 1. The highest BCUT2D eigenvalue weighted by molar-refractivity contribution is 7.10. The third kappa shape index (κ3) is 2.35. The molecule has 0 amide bonds. The molecule has 2 rings (SSSR count). The first-order valence-electron chi connectivity index (χ1n) is 5.09. The Labute approximate surface area is 89.1 Å². The van der Waals surface area contributed by atoms with E-state index in [4.69, 9.17) is 10.5 Å². The molecule has 0 bridgehead atoms. The highest BCUT2D eigenvalue weighted by atomic mass is 32.1. The molecule has 0 saturated carbocycles. The summed E-state index contributed by atoms with van der Waals surface area (Å²) in [5.74, 6) is 0. The van der Waals surface area contributed by atoms with Crippen molar-refractivity contribution in [2.75, 3.05) is 13.2 Å². The molecule has 1 saturated heterocycles. The number of ether oxygens (including phenoxy) is 1. The molecule has 1 fully saturated rings. The standard InChI is InChI=1S/C11H17NOS/c1-9-6-10(8-14-9)7-11(12)2-4-13-5-3-11/h6,8H,2-5,7,12H2,1H3. The van der Waals surface area contributed by atoms with Gasteiger partial charge in [0.1, 0.15) is 0 Å². The maximum Gasteiger partial charge on any atom is 0.0483 e. The fourth-order valence-corrected chi connectivity index (χ4v) is 2.66. The van der Waals surface area contributed by atoms with Gasteiger partial charge in [0.25, 0.3) is 0 Å². The van der Waals surface area contributed by atoms with Crippen LogP contribution in [0.4, 0.5) is 0 Å². The Morgan fingerprint density at radius 3 is 2.79 bits per heavy atom. The summed E-state index contributed by atoms with van der Waals surface area (Å²) in [6.07, 6.45) is 2.98. The van der Waals surface area contributed by atoms with E-state index in [1.54, 1.807) is 11.3 Å². The molecule has 1 aliphatic heterocycles. The van der Waals surface area contributed by atoms with Crippen LogP contribution in [0.5, 0.6) is 0 Å². The highest BCUT2D eigenvalue weighted by Crippen LogP contribution is 2.24. The van der Waals surface area contributed by atoms with Gasteiger partial charge in [0.2, 0.25) is 0 Å². The summed E-state index contributed by atoms with van der Waals surface area (Å²) in [6, 6.07) is 2.24. The number of hydrogen-bond acceptors (Lipinski definition) is 3. The van der Waals surface area contributed by atoms with Gasteiger partial charge in [0.05, 0.1) is 0 Å². The van der Waals surface area contributed by atoms with Crippen molar-refractivity contribution in [2.45, 2.75) is 31.7 Å². The summed E-state index contributed by atoms with van der Waals surface area (Å²) in [7, 11) is 0. The number of hydrogen-bond donors (Lipinski definition) is 1. The molecule has 0 aliphatic carbocycles. The zero-order chi connectivity index (χ0) is 10.0. The van der Waals surface area contributed by atoms with Crippen LogP contribution in [0.15, 0.2) is 11.4 Å². The Balaban J connectivity index is 2.01. The van der Waals surface area contributed by atoms with E-state index < -0.39 is 0 Å². The number of rotatable bonds is 2. The molecule has 1 aromatic heterocycles. The predicted octanol–water partition coefficient (Wildman–Crippen LogP) is 2.11. The van der Waals surface area contributed by atoms with Gasteiger partial charge in [-0.15, -0.1) is 11.3 Å². The van der Waals surface area contributed by atoms with Crippen molar-refractivity contribution in [3.63, 3.8) is 0 Å². The molecule has 3 heteroatoms. The molecular formula is C11H17NOS. The summed E-state index contributed by atoms with van der Waals surface area (Å²) in [5, 5.41) is 2.22. The first kappa shape index (κ1) is 10.1. The van der Waals surface area contributed by atoms with Crippen molar-refractivity contribution in [3.05, 3.63) is 21.9 Å². The molecular weight excluding hydrogens is 194 g/mol. The Hall–Kier alpha value is -0.380. The topological polar surface area (TPSA) is 35.2 Å². The molecule has 0 unspecified atom stereocenters. The quantitative estimate of drug-likeness (QED) is 0.813. The van der Waals surface area contributed by atoms with E-state index in [1.807, 2.05) is 0 Å². The molecule has 0 spiro atoms. The van der Waals surface area contributed by atoms with E-state index in [1.165, 1.54) is 10.4 Å². The van der Waals surface area contributed by atoms with Crippen LogP contribution in [-0.2, 0) is 11.2 Å². The van der Waals surface area contributed by atoms with Gasteiger partial charge in [-0.05, 0) is 43.2 Å². The molecule has 1 aliphatic rings. The van der Waals surface area contributed by atoms with Gasteiger partial charge in [-0.1, -0.05) is 0 Å². The smallest absolute Gasteiger partial charge is 0.0483 e. The van der Waals surface area contributed by atoms with Crippen molar-refractivity contribution >= 4 is 11.3 Å². The molecule has 2 nitrogen and oxygen atoms in total. The first-order valence-corrected chi connectivity index (χ1v) is 5.97. The Bertz CT molecular complexity index is 302. The third-order valence-corrected chi connectivity index (χ3v) is 3.74. The highest BCUT2D eigenvalue weighted by Gasteiger charge is 2.28. The van der Waals surface area contributed by atoms with E-state index >= 15 is 0 Å². The first-order chi connectivity index (χ1) is 6.68. The van der Waals surface area contributed by atoms with E-state index in [0.29, 0.717) is 0 Å². The van der Waals surface area contributed by atoms with Crippen molar-refractivity contribution in [2.24, 2.45) is 5.73 Å². The molecule has 14 heavy (non-hydrogen) atoms. The Morgan fingerprint density at radius 1 is 1.50 bits per heavy atom. The lowest BCUT2D eigenvalue weighted by Gasteiger charge is -2.33. The molecule has 2 N–H and O–H groups in total. The lowest BCUT2D eigenvalue weighted by Crippen LogP contribution is -2.46. The van der Waals surface area contributed by atoms with Gasteiger partial charge in [0, 0.05) is 23.6 Å². The maximum atomic E-state index is 6.32. The van der Waals surface area contributed by atoms with Gasteiger partial charge < -0.3 is 10.5 Å². The Morgan fingerprint density at radius 2 is 2.21 bits per heavy atom. The summed E-state index contributed by atoms with van der Waals surface area (Å²) in [4.78, 5) is 1.37. The Kier molecular flexibility index (Phi) is 2.91. The zero-order valence-electron chi connectivity index (χ0n) is 8.58. The number of thiophene rings is 1. The van der Waals surface area contributed by atoms with E-state index in [-0.39, 0.29) is 5.54 Å².